The second kappa shape index (κ2) is 6.98. The van der Waals surface area contributed by atoms with Crippen molar-refractivity contribution in [3.05, 3.63) is 65.8 Å². The number of hydrogen-bond acceptors (Lipinski definition) is 3. The summed E-state index contributed by atoms with van der Waals surface area (Å²) >= 11 is 0. The maximum atomic E-state index is 14.2. The van der Waals surface area contributed by atoms with E-state index in [2.05, 4.69) is 10.1 Å². The molecule has 0 spiro atoms. The normalized spacial score (nSPS) is 15.3. The van der Waals surface area contributed by atoms with Crippen LogP contribution in [0.1, 0.15) is 40.6 Å². The molecule has 1 aliphatic rings. The van der Waals surface area contributed by atoms with Gasteiger partial charge in [-0.15, -0.1) is 0 Å². The Labute approximate surface area is 157 Å². The third-order valence-corrected chi connectivity index (χ3v) is 5.32. The number of carbonyl (C=O) groups excluding carboxylic acids is 1. The van der Waals surface area contributed by atoms with Gasteiger partial charge in [-0.3, -0.25) is 4.79 Å². The van der Waals surface area contributed by atoms with Gasteiger partial charge < -0.3 is 9.47 Å². The second-order valence-corrected chi connectivity index (χ2v) is 6.97. The molecule has 7 heteroatoms. The SMILES string of the molecule is Cc1cc(C(=O)N2CCC(n3cncn3)CC2)c(C)n1-c1ccccc1F. The molecule has 1 aromatic carbocycles. The number of carbonyl (C=O) groups is 1. The van der Waals surface area contributed by atoms with Crippen molar-refractivity contribution in [3.8, 4) is 5.69 Å². The number of halogens is 1. The Morgan fingerprint density at radius 1 is 1.19 bits per heavy atom. The number of hydrogen-bond donors (Lipinski definition) is 0. The van der Waals surface area contributed by atoms with Crippen LogP contribution in [0.4, 0.5) is 4.39 Å². The van der Waals surface area contributed by atoms with E-state index in [-0.39, 0.29) is 17.8 Å². The highest BCUT2D eigenvalue weighted by Gasteiger charge is 2.27. The standard InChI is InChI=1S/C20H22FN5O/c1-14-11-17(15(2)26(14)19-6-4-3-5-18(19)21)20(27)24-9-7-16(8-10-24)25-13-22-12-23-25/h3-6,11-13,16H,7-10H2,1-2H3. The van der Waals surface area contributed by atoms with Crippen LogP contribution in [0.2, 0.25) is 0 Å². The van der Waals surface area contributed by atoms with Crippen molar-refractivity contribution >= 4 is 5.91 Å². The molecule has 2 aromatic heterocycles. The van der Waals surface area contributed by atoms with E-state index < -0.39 is 0 Å². The van der Waals surface area contributed by atoms with Gasteiger partial charge in [0.15, 0.2) is 0 Å². The molecule has 4 rings (SSSR count). The van der Waals surface area contributed by atoms with E-state index in [1.807, 2.05) is 34.1 Å². The zero-order valence-electron chi connectivity index (χ0n) is 15.5. The summed E-state index contributed by atoms with van der Waals surface area (Å²) in [5, 5.41) is 4.20. The number of nitrogens with zero attached hydrogens (tertiary/aromatic N) is 5. The number of aryl methyl sites for hydroxylation is 1. The molecule has 1 saturated heterocycles. The van der Waals surface area contributed by atoms with Crippen molar-refractivity contribution in [2.24, 2.45) is 0 Å². The van der Waals surface area contributed by atoms with Crippen LogP contribution in [0.5, 0.6) is 0 Å². The molecular formula is C20H22FN5O. The van der Waals surface area contributed by atoms with Crippen molar-refractivity contribution in [2.45, 2.75) is 32.7 Å². The van der Waals surface area contributed by atoms with E-state index in [1.165, 1.54) is 12.4 Å². The van der Waals surface area contributed by atoms with Crippen LogP contribution in [0.25, 0.3) is 5.69 Å². The summed E-state index contributed by atoms with van der Waals surface area (Å²) in [6.45, 7) is 5.11. The quantitative estimate of drug-likeness (QED) is 0.714. The molecule has 27 heavy (non-hydrogen) atoms. The fourth-order valence-electron chi connectivity index (χ4n) is 3.89. The number of para-hydroxylation sites is 1. The van der Waals surface area contributed by atoms with Crippen LogP contribution in [-0.4, -0.2) is 43.2 Å². The Morgan fingerprint density at radius 2 is 1.93 bits per heavy atom. The van der Waals surface area contributed by atoms with Crippen LogP contribution in [0, 0.1) is 19.7 Å². The molecule has 0 unspecified atom stereocenters. The molecule has 1 fully saturated rings. The zero-order chi connectivity index (χ0) is 19.0. The Hall–Kier alpha value is -2.96. The number of aromatic nitrogens is 4. The molecule has 0 N–H and O–H groups in total. The first-order chi connectivity index (χ1) is 13.1. The van der Waals surface area contributed by atoms with Gasteiger partial charge >= 0.3 is 0 Å². The summed E-state index contributed by atoms with van der Waals surface area (Å²) in [5.74, 6) is -0.297. The second-order valence-electron chi connectivity index (χ2n) is 6.97. The average molecular weight is 367 g/mol. The number of benzene rings is 1. The first-order valence-electron chi connectivity index (χ1n) is 9.13. The minimum absolute atomic E-state index is 0.00253. The Bertz CT molecular complexity index is 955. The van der Waals surface area contributed by atoms with Crippen molar-refractivity contribution < 1.29 is 9.18 Å². The van der Waals surface area contributed by atoms with E-state index in [0.29, 0.717) is 24.3 Å². The molecule has 0 radical (unpaired) electrons. The Morgan fingerprint density at radius 3 is 2.59 bits per heavy atom. The van der Waals surface area contributed by atoms with Gasteiger partial charge in [-0.1, -0.05) is 12.1 Å². The fourth-order valence-corrected chi connectivity index (χ4v) is 3.89. The maximum absolute atomic E-state index is 14.2. The highest BCUT2D eigenvalue weighted by molar-refractivity contribution is 5.96. The largest absolute Gasteiger partial charge is 0.338 e. The molecule has 140 valence electrons. The van der Waals surface area contributed by atoms with Gasteiger partial charge in [0.25, 0.3) is 5.91 Å². The smallest absolute Gasteiger partial charge is 0.255 e. The van der Waals surface area contributed by atoms with Gasteiger partial charge in [-0.25, -0.2) is 14.1 Å². The summed E-state index contributed by atoms with van der Waals surface area (Å²) in [4.78, 5) is 19.0. The van der Waals surface area contributed by atoms with E-state index in [4.69, 9.17) is 0 Å². The van der Waals surface area contributed by atoms with Crippen LogP contribution >= 0.6 is 0 Å². The lowest BCUT2D eigenvalue weighted by Gasteiger charge is -2.32. The predicted octanol–water partition coefficient (Wildman–Crippen LogP) is 3.30. The average Bonchev–Trinajstić information content (AvgIpc) is 3.31. The van der Waals surface area contributed by atoms with E-state index in [1.54, 1.807) is 24.5 Å². The minimum Gasteiger partial charge on any atom is -0.338 e. The van der Waals surface area contributed by atoms with Gasteiger partial charge in [0.05, 0.1) is 17.3 Å². The monoisotopic (exact) mass is 367 g/mol. The first-order valence-corrected chi connectivity index (χ1v) is 9.13. The van der Waals surface area contributed by atoms with Crippen molar-refractivity contribution in [1.82, 2.24) is 24.2 Å². The van der Waals surface area contributed by atoms with Crippen molar-refractivity contribution in [2.75, 3.05) is 13.1 Å². The molecule has 0 aliphatic carbocycles. The summed E-state index contributed by atoms with van der Waals surface area (Å²) in [6, 6.07) is 8.76. The van der Waals surface area contributed by atoms with Crippen molar-refractivity contribution in [3.63, 3.8) is 0 Å². The van der Waals surface area contributed by atoms with E-state index in [9.17, 15) is 9.18 Å². The van der Waals surface area contributed by atoms with Crippen LogP contribution in [-0.2, 0) is 0 Å². The molecule has 0 atom stereocenters. The number of likely N-dealkylation sites (tertiary alicyclic amines) is 1. The number of rotatable bonds is 3. The van der Waals surface area contributed by atoms with E-state index in [0.717, 1.165) is 24.2 Å². The zero-order valence-corrected chi connectivity index (χ0v) is 15.5. The molecule has 1 aliphatic heterocycles. The number of piperidine rings is 1. The lowest BCUT2D eigenvalue weighted by molar-refractivity contribution is 0.0689. The van der Waals surface area contributed by atoms with Gasteiger partial charge in [0, 0.05) is 24.5 Å². The Kier molecular flexibility index (Phi) is 4.51. The van der Waals surface area contributed by atoms with Gasteiger partial charge in [-0.2, -0.15) is 5.10 Å². The molecule has 0 bridgehead atoms. The van der Waals surface area contributed by atoms with E-state index >= 15 is 0 Å². The number of amides is 1. The lowest BCUT2D eigenvalue weighted by Crippen LogP contribution is -2.39. The molecule has 6 nitrogen and oxygen atoms in total. The highest BCUT2D eigenvalue weighted by atomic mass is 19.1. The summed E-state index contributed by atoms with van der Waals surface area (Å²) < 4.78 is 17.9. The van der Waals surface area contributed by atoms with Crippen LogP contribution in [0.3, 0.4) is 0 Å². The van der Waals surface area contributed by atoms with Crippen LogP contribution in [0.15, 0.2) is 43.0 Å². The first kappa shape index (κ1) is 17.5. The molecule has 1 amide bonds. The molecule has 0 saturated carbocycles. The van der Waals surface area contributed by atoms with Crippen molar-refractivity contribution in [1.29, 1.82) is 0 Å². The van der Waals surface area contributed by atoms with Gasteiger partial charge in [0.2, 0.25) is 0 Å². The van der Waals surface area contributed by atoms with Crippen LogP contribution < -0.4 is 0 Å². The third kappa shape index (κ3) is 3.13. The Balaban J connectivity index is 1.55. The third-order valence-electron chi connectivity index (χ3n) is 5.32. The molecular weight excluding hydrogens is 345 g/mol. The summed E-state index contributed by atoms with van der Waals surface area (Å²) in [5.41, 5.74) is 2.71. The molecule has 3 aromatic rings. The minimum atomic E-state index is -0.299. The summed E-state index contributed by atoms with van der Waals surface area (Å²) in [7, 11) is 0. The predicted molar refractivity (Wildman–Crippen MR) is 99.4 cm³/mol. The maximum Gasteiger partial charge on any atom is 0.255 e. The van der Waals surface area contributed by atoms with Gasteiger partial charge in [0.1, 0.15) is 18.5 Å². The van der Waals surface area contributed by atoms with Gasteiger partial charge in [-0.05, 0) is 44.9 Å². The molecule has 3 heterocycles. The lowest BCUT2D eigenvalue weighted by atomic mass is 10.0. The topological polar surface area (TPSA) is 56.0 Å². The summed E-state index contributed by atoms with van der Waals surface area (Å²) in [6.07, 6.45) is 4.96. The fraction of sp³-hybridized carbons (Fsp3) is 0.350. The highest BCUT2D eigenvalue weighted by Crippen LogP contribution is 2.26.